The van der Waals surface area contributed by atoms with Crippen molar-refractivity contribution in [2.24, 2.45) is 0 Å². The summed E-state index contributed by atoms with van der Waals surface area (Å²) in [7, 11) is 1.78. The Bertz CT molecular complexity index is 689. The Morgan fingerprint density at radius 1 is 1.33 bits per heavy atom. The minimum Gasteiger partial charge on any atom is -0.357 e. The average molecular weight is 279 g/mol. The third-order valence-corrected chi connectivity index (χ3v) is 4.04. The number of aryl methyl sites for hydroxylation is 1. The first-order valence-electron chi connectivity index (χ1n) is 5.13. The summed E-state index contributed by atoms with van der Waals surface area (Å²) in [6.45, 7) is 1.87. The number of rotatable bonds is 3. The molecule has 0 aliphatic carbocycles. The van der Waals surface area contributed by atoms with Crippen LogP contribution in [-0.2, 0) is 0 Å². The molecule has 0 amide bonds. The van der Waals surface area contributed by atoms with E-state index in [0.29, 0.717) is 11.6 Å². The van der Waals surface area contributed by atoms with Gasteiger partial charge < -0.3 is 5.32 Å². The van der Waals surface area contributed by atoms with Crippen LogP contribution in [0.15, 0.2) is 15.6 Å². The average Bonchev–Trinajstić information content (AvgIpc) is 2.98. The van der Waals surface area contributed by atoms with Crippen LogP contribution in [0.25, 0.3) is 11.0 Å². The van der Waals surface area contributed by atoms with Crippen LogP contribution in [-0.4, -0.2) is 36.6 Å². The molecule has 3 aromatic heterocycles. The highest BCUT2D eigenvalue weighted by molar-refractivity contribution is 8.01. The lowest BCUT2D eigenvalue weighted by molar-refractivity contribution is 1.06. The van der Waals surface area contributed by atoms with Gasteiger partial charge in [0, 0.05) is 7.05 Å². The standard InChI is InChI=1S/C9H9N7S2/c1-4-12-9(18-16-4)17-7-5-3-11-15-6(5)13-8(10-2)14-7/h3H,1-2H3,(H2,10,11,13,14,15). The molecular weight excluding hydrogens is 270 g/mol. The van der Waals surface area contributed by atoms with Crippen LogP contribution < -0.4 is 5.32 Å². The van der Waals surface area contributed by atoms with E-state index in [1.807, 2.05) is 6.92 Å². The maximum Gasteiger partial charge on any atom is 0.225 e. The molecule has 18 heavy (non-hydrogen) atoms. The molecule has 0 atom stereocenters. The van der Waals surface area contributed by atoms with Crippen LogP contribution in [0, 0.1) is 6.92 Å². The number of hydrogen-bond donors (Lipinski definition) is 2. The van der Waals surface area contributed by atoms with E-state index in [1.165, 1.54) is 23.3 Å². The molecule has 0 radical (unpaired) electrons. The van der Waals surface area contributed by atoms with Gasteiger partial charge in [0.05, 0.1) is 11.6 Å². The smallest absolute Gasteiger partial charge is 0.225 e. The lowest BCUT2D eigenvalue weighted by Crippen LogP contribution is -1.97. The minimum absolute atomic E-state index is 0.551. The number of nitrogens with one attached hydrogen (secondary N) is 2. The monoisotopic (exact) mass is 279 g/mol. The molecule has 9 heteroatoms. The lowest BCUT2D eigenvalue weighted by Gasteiger charge is -2.02. The van der Waals surface area contributed by atoms with E-state index in [2.05, 4.69) is 34.8 Å². The normalized spacial score (nSPS) is 11.0. The molecule has 0 saturated carbocycles. The van der Waals surface area contributed by atoms with Gasteiger partial charge in [0.1, 0.15) is 10.9 Å². The second-order valence-corrected chi connectivity index (χ2v) is 5.43. The second kappa shape index (κ2) is 4.50. The third-order valence-electron chi connectivity index (χ3n) is 2.19. The molecule has 0 aliphatic rings. The van der Waals surface area contributed by atoms with E-state index < -0.39 is 0 Å². The first-order valence-corrected chi connectivity index (χ1v) is 6.72. The summed E-state index contributed by atoms with van der Waals surface area (Å²) in [6, 6.07) is 0. The zero-order valence-corrected chi connectivity index (χ0v) is 11.3. The molecule has 3 aromatic rings. The molecule has 7 nitrogen and oxygen atoms in total. The lowest BCUT2D eigenvalue weighted by atomic mass is 10.4. The van der Waals surface area contributed by atoms with Crippen molar-refractivity contribution in [3.8, 4) is 0 Å². The molecule has 2 N–H and O–H groups in total. The number of nitrogens with zero attached hydrogens (tertiary/aromatic N) is 5. The fourth-order valence-electron chi connectivity index (χ4n) is 1.40. The molecule has 0 aliphatic heterocycles. The zero-order valence-electron chi connectivity index (χ0n) is 9.63. The molecule has 3 heterocycles. The van der Waals surface area contributed by atoms with Crippen molar-refractivity contribution in [1.82, 2.24) is 29.5 Å². The molecule has 0 unspecified atom stereocenters. The number of H-pyrrole nitrogens is 1. The summed E-state index contributed by atoms with van der Waals surface area (Å²) in [5, 5.41) is 11.4. The Kier molecular flexibility index (Phi) is 2.84. The van der Waals surface area contributed by atoms with E-state index >= 15 is 0 Å². The minimum atomic E-state index is 0.551. The van der Waals surface area contributed by atoms with Crippen LogP contribution in [0.1, 0.15) is 5.82 Å². The Hall–Kier alpha value is -1.74. The van der Waals surface area contributed by atoms with Gasteiger partial charge in [-0.05, 0) is 30.2 Å². The van der Waals surface area contributed by atoms with Crippen molar-refractivity contribution in [2.45, 2.75) is 16.3 Å². The summed E-state index contributed by atoms with van der Waals surface area (Å²) in [6.07, 6.45) is 1.71. The summed E-state index contributed by atoms with van der Waals surface area (Å²) in [4.78, 5) is 13.0. The van der Waals surface area contributed by atoms with Crippen molar-refractivity contribution in [3.05, 3.63) is 12.0 Å². The first kappa shape index (κ1) is 11.4. The third kappa shape index (κ3) is 2.02. The fourth-order valence-corrected chi connectivity index (χ4v) is 3.06. The highest BCUT2D eigenvalue weighted by Crippen LogP contribution is 2.32. The van der Waals surface area contributed by atoms with E-state index in [1.54, 1.807) is 13.2 Å². The molecule has 0 aromatic carbocycles. The number of anilines is 1. The van der Waals surface area contributed by atoms with Crippen LogP contribution in [0.4, 0.5) is 5.95 Å². The van der Waals surface area contributed by atoms with Crippen LogP contribution in [0.5, 0.6) is 0 Å². The molecule has 0 saturated heterocycles. The van der Waals surface area contributed by atoms with Gasteiger partial charge in [0.2, 0.25) is 5.95 Å². The predicted molar refractivity (Wildman–Crippen MR) is 70.0 cm³/mol. The zero-order chi connectivity index (χ0) is 12.5. The number of hydrogen-bond acceptors (Lipinski definition) is 8. The van der Waals surface area contributed by atoms with Gasteiger partial charge in [0.15, 0.2) is 9.99 Å². The first-order chi connectivity index (χ1) is 8.76. The van der Waals surface area contributed by atoms with Crippen molar-refractivity contribution >= 4 is 40.3 Å². The van der Waals surface area contributed by atoms with Gasteiger partial charge in [0.25, 0.3) is 0 Å². The Balaban J connectivity index is 2.06. The van der Waals surface area contributed by atoms with Crippen molar-refractivity contribution in [2.75, 3.05) is 12.4 Å². The summed E-state index contributed by atoms with van der Waals surface area (Å²) < 4.78 is 5.01. The van der Waals surface area contributed by atoms with Gasteiger partial charge in [-0.15, -0.1) is 0 Å². The van der Waals surface area contributed by atoms with E-state index in [0.717, 1.165) is 20.6 Å². The molecule has 0 fully saturated rings. The Morgan fingerprint density at radius 3 is 2.94 bits per heavy atom. The van der Waals surface area contributed by atoms with Crippen LogP contribution in [0.3, 0.4) is 0 Å². The summed E-state index contributed by atoms with van der Waals surface area (Å²) >= 11 is 2.83. The van der Waals surface area contributed by atoms with Crippen molar-refractivity contribution in [3.63, 3.8) is 0 Å². The Morgan fingerprint density at radius 2 is 2.22 bits per heavy atom. The van der Waals surface area contributed by atoms with E-state index in [-0.39, 0.29) is 0 Å². The molecule has 0 bridgehead atoms. The topological polar surface area (TPSA) is 92.3 Å². The number of aromatic amines is 1. The largest absolute Gasteiger partial charge is 0.357 e. The van der Waals surface area contributed by atoms with Crippen molar-refractivity contribution in [1.29, 1.82) is 0 Å². The highest BCUT2D eigenvalue weighted by atomic mass is 32.2. The predicted octanol–water partition coefficient (Wildman–Crippen LogP) is 1.71. The van der Waals surface area contributed by atoms with Crippen LogP contribution >= 0.6 is 23.3 Å². The van der Waals surface area contributed by atoms with Crippen LogP contribution in [0.2, 0.25) is 0 Å². The van der Waals surface area contributed by atoms with E-state index in [9.17, 15) is 0 Å². The quantitative estimate of drug-likeness (QED) is 0.705. The number of aromatic nitrogens is 6. The van der Waals surface area contributed by atoms with Gasteiger partial charge >= 0.3 is 0 Å². The van der Waals surface area contributed by atoms with E-state index in [4.69, 9.17) is 0 Å². The van der Waals surface area contributed by atoms with Gasteiger partial charge in [-0.2, -0.15) is 14.5 Å². The molecule has 92 valence electrons. The van der Waals surface area contributed by atoms with Crippen molar-refractivity contribution < 1.29 is 0 Å². The summed E-state index contributed by atoms with van der Waals surface area (Å²) in [5.74, 6) is 1.32. The number of fused-ring (bicyclic) bond motifs is 1. The Labute approximate surface area is 111 Å². The highest BCUT2D eigenvalue weighted by Gasteiger charge is 2.12. The van der Waals surface area contributed by atoms with Gasteiger partial charge in [-0.1, -0.05) is 0 Å². The van der Waals surface area contributed by atoms with Gasteiger partial charge in [-0.3, -0.25) is 5.10 Å². The van der Waals surface area contributed by atoms with Gasteiger partial charge in [-0.25, -0.2) is 9.97 Å². The maximum absolute atomic E-state index is 4.42. The fraction of sp³-hybridized carbons (Fsp3) is 0.222. The molecular formula is C9H9N7S2. The SMILES string of the molecule is CNc1nc(Sc2nc(C)ns2)c2cn[nH]c2n1. The molecule has 3 rings (SSSR count). The maximum atomic E-state index is 4.42. The second-order valence-electron chi connectivity index (χ2n) is 3.44. The summed E-state index contributed by atoms with van der Waals surface area (Å²) in [5.41, 5.74) is 0.707. The molecule has 0 spiro atoms.